The van der Waals surface area contributed by atoms with Gasteiger partial charge in [-0.15, -0.1) is 5.10 Å². The van der Waals surface area contributed by atoms with Gasteiger partial charge in [-0.25, -0.2) is 4.98 Å². The molecule has 2 aromatic heterocycles. The molecule has 0 aliphatic carbocycles. The van der Waals surface area contributed by atoms with Crippen molar-refractivity contribution in [1.29, 1.82) is 0 Å². The van der Waals surface area contributed by atoms with Gasteiger partial charge in [-0.3, -0.25) is 14.7 Å². The van der Waals surface area contributed by atoms with Gasteiger partial charge in [0.25, 0.3) is 5.82 Å². The van der Waals surface area contributed by atoms with Crippen LogP contribution in [0.25, 0.3) is 0 Å². The summed E-state index contributed by atoms with van der Waals surface area (Å²) in [5, 5.41) is 10.7. The minimum Gasteiger partial charge on any atom is -0.364 e. The number of nitrogens with zero attached hydrogens (tertiary/aromatic N) is 4. The molecule has 9 nitrogen and oxygen atoms in total. The first-order valence-electron chi connectivity index (χ1n) is 6.18. The molecule has 0 unspecified atom stereocenters. The molecule has 0 atom stereocenters. The van der Waals surface area contributed by atoms with Gasteiger partial charge in [0.1, 0.15) is 17.8 Å². The fourth-order valence-corrected chi connectivity index (χ4v) is 1.55. The van der Waals surface area contributed by atoms with Crippen LogP contribution in [0.2, 0.25) is 0 Å². The number of amides is 2. The molecular formula is C11H11F3N6O3. The highest BCUT2D eigenvalue weighted by Crippen LogP contribution is 2.25. The van der Waals surface area contributed by atoms with E-state index in [2.05, 4.69) is 25.1 Å². The Morgan fingerprint density at radius 3 is 2.74 bits per heavy atom. The fraction of sp³-hybridized carbons (Fsp3) is 0.364. The zero-order valence-electron chi connectivity index (χ0n) is 11.7. The lowest BCUT2D eigenvalue weighted by Gasteiger charge is -2.14. The van der Waals surface area contributed by atoms with Crippen molar-refractivity contribution in [2.75, 3.05) is 7.05 Å². The predicted molar refractivity (Wildman–Crippen MR) is 66.2 cm³/mol. The summed E-state index contributed by atoms with van der Waals surface area (Å²) in [6.45, 7) is -0.352. The third-order valence-electron chi connectivity index (χ3n) is 2.63. The first-order valence-corrected chi connectivity index (χ1v) is 6.18. The van der Waals surface area contributed by atoms with Gasteiger partial charge >= 0.3 is 18.0 Å². The van der Waals surface area contributed by atoms with Gasteiger partial charge in [0, 0.05) is 13.1 Å². The summed E-state index contributed by atoms with van der Waals surface area (Å²) < 4.78 is 41.5. The van der Waals surface area contributed by atoms with E-state index in [1.165, 1.54) is 19.4 Å². The van der Waals surface area contributed by atoms with Crippen molar-refractivity contribution < 1.29 is 27.3 Å². The largest absolute Gasteiger partial charge is 0.453 e. The highest BCUT2D eigenvalue weighted by atomic mass is 19.4. The summed E-state index contributed by atoms with van der Waals surface area (Å²) in [5.41, 5.74) is 0.443. The second-order valence-corrected chi connectivity index (χ2v) is 4.44. The van der Waals surface area contributed by atoms with Crippen LogP contribution in [0.3, 0.4) is 0 Å². The first-order chi connectivity index (χ1) is 10.8. The molecule has 2 heterocycles. The number of carbonyl (C=O) groups excluding carboxylic acids is 2. The SMILES string of the molecule is CN(Cc1ccon1)C(=O)C(=O)NCc1nc(C(F)(F)F)n[nH]1. The molecule has 0 aliphatic heterocycles. The fourth-order valence-electron chi connectivity index (χ4n) is 1.55. The number of halogens is 3. The standard InChI is InChI=1S/C11H11F3N6O3/c1-20(5-6-2-3-23-19-6)9(22)8(21)15-4-7-16-10(18-17-7)11(12,13)14/h2-3H,4-5H2,1H3,(H,15,21)(H,16,17,18). The van der Waals surface area contributed by atoms with Crippen LogP contribution in [0.1, 0.15) is 17.3 Å². The lowest BCUT2D eigenvalue weighted by Crippen LogP contribution is -2.40. The van der Waals surface area contributed by atoms with E-state index in [9.17, 15) is 22.8 Å². The van der Waals surface area contributed by atoms with Crippen LogP contribution in [0.5, 0.6) is 0 Å². The third-order valence-corrected chi connectivity index (χ3v) is 2.63. The van der Waals surface area contributed by atoms with Crippen LogP contribution in [0.15, 0.2) is 16.9 Å². The number of hydrogen-bond acceptors (Lipinski definition) is 6. The number of rotatable bonds is 4. The number of aromatic nitrogens is 4. The Bertz CT molecular complexity index is 681. The monoisotopic (exact) mass is 332 g/mol. The minimum atomic E-state index is -4.69. The zero-order chi connectivity index (χ0) is 17.0. The van der Waals surface area contributed by atoms with E-state index in [1.54, 1.807) is 0 Å². The molecular weight excluding hydrogens is 321 g/mol. The highest BCUT2D eigenvalue weighted by Gasteiger charge is 2.36. The summed E-state index contributed by atoms with van der Waals surface area (Å²) in [5.74, 6) is -3.46. The van der Waals surface area contributed by atoms with Crippen LogP contribution >= 0.6 is 0 Å². The van der Waals surface area contributed by atoms with Gasteiger partial charge in [0.05, 0.1) is 13.1 Å². The first kappa shape index (κ1) is 16.5. The molecule has 23 heavy (non-hydrogen) atoms. The Hall–Kier alpha value is -2.92. The summed E-state index contributed by atoms with van der Waals surface area (Å²) in [4.78, 5) is 27.7. The van der Waals surface area contributed by atoms with Crippen molar-refractivity contribution in [2.45, 2.75) is 19.3 Å². The normalized spacial score (nSPS) is 11.3. The molecule has 2 rings (SSSR count). The average molecular weight is 332 g/mol. The topological polar surface area (TPSA) is 117 Å². The van der Waals surface area contributed by atoms with E-state index < -0.39 is 30.4 Å². The summed E-state index contributed by atoms with van der Waals surface area (Å²) >= 11 is 0. The second kappa shape index (κ2) is 6.46. The van der Waals surface area contributed by atoms with Gasteiger partial charge in [-0.2, -0.15) is 13.2 Å². The van der Waals surface area contributed by atoms with Gasteiger partial charge in [0.2, 0.25) is 0 Å². The molecule has 0 aromatic carbocycles. The van der Waals surface area contributed by atoms with Crippen molar-refractivity contribution in [3.63, 3.8) is 0 Å². The molecule has 12 heteroatoms. The molecule has 0 saturated heterocycles. The molecule has 124 valence electrons. The molecule has 2 amide bonds. The number of likely N-dealkylation sites (N-methyl/N-ethyl adjacent to an activating group) is 1. The van der Waals surface area contributed by atoms with Gasteiger partial charge in [-0.05, 0) is 0 Å². The van der Waals surface area contributed by atoms with Crippen molar-refractivity contribution in [3.8, 4) is 0 Å². The number of carbonyl (C=O) groups is 2. The van der Waals surface area contributed by atoms with Crippen LogP contribution in [0.4, 0.5) is 13.2 Å². The molecule has 0 aliphatic rings. The molecule has 2 aromatic rings. The number of H-pyrrole nitrogens is 1. The minimum absolute atomic E-state index is 0.0449. The van der Waals surface area contributed by atoms with Crippen molar-refractivity contribution in [2.24, 2.45) is 0 Å². The van der Waals surface area contributed by atoms with Crippen LogP contribution in [-0.4, -0.2) is 44.1 Å². The quantitative estimate of drug-likeness (QED) is 0.766. The van der Waals surface area contributed by atoms with E-state index in [1.807, 2.05) is 5.10 Å². The van der Waals surface area contributed by atoms with E-state index >= 15 is 0 Å². The van der Waals surface area contributed by atoms with Crippen molar-refractivity contribution >= 4 is 11.8 Å². The smallest absolute Gasteiger partial charge is 0.364 e. The molecule has 0 spiro atoms. The van der Waals surface area contributed by atoms with E-state index in [0.29, 0.717) is 5.69 Å². The third kappa shape index (κ3) is 4.28. The van der Waals surface area contributed by atoms with Crippen LogP contribution in [0, 0.1) is 0 Å². The lowest BCUT2D eigenvalue weighted by molar-refractivity contribution is -0.145. The Balaban J connectivity index is 1.86. The van der Waals surface area contributed by atoms with Gasteiger partial charge in [0.15, 0.2) is 0 Å². The van der Waals surface area contributed by atoms with Gasteiger partial charge in [-0.1, -0.05) is 5.16 Å². The number of aromatic amines is 1. The Kier molecular flexibility index (Phi) is 4.62. The van der Waals surface area contributed by atoms with Gasteiger partial charge < -0.3 is 14.7 Å². The Morgan fingerprint density at radius 1 is 1.43 bits per heavy atom. The average Bonchev–Trinajstić information content (AvgIpc) is 3.14. The number of nitrogens with one attached hydrogen (secondary N) is 2. The molecule has 2 N–H and O–H groups in total. The Labute approximate surface area is 126 Å². The van der Waals surface area contributed by atoms with Crippen LogP contribution in [-0.2, 0) is 28.9 Å². The van der Waals surface area contributed by atoms with Crippen molar-refractivity contribution in [1.82, 2.24) is 30.6 Å². The molecule has 0 bridgehead atoms. The maximum Gasteiger partial charge on any atom is 0.453 e. The van der Waals surface area contributed by atoms with E-state index in [0.717, 1.165) is 4.90 Å². The molecule has 0 saturated carbocycles. The maximum atomic E-state index is 12.3. The molecule has 0 fully saturated rings. The van der Waals surface area contributed by atoms with E-state index in [-0.39, 0.29) is 12.4 Å². The predicted octanol–water partition coefficient (Wildman–Crippen LogP) is 0.0863. The highest BCUT2D eigenvalue weighted by molar-refractivity contribution is 6.34. The van der Waals surface area contributed by atoms with Crippen molar-refractivity contribution in [3.05, 3.63) is 29.7 Å². The lowest BCUT2D eigenvalue weighted by atomic mass is 10.4. The molecule has 0 radical (unpaired) electrons. The zero-order valence-corrected chi connectivity index (χ0v) is 11.7. The summed E-state index contributed by atoms with van der Waals surface area (Å²) in [6.07, 6.45) is -3.37. The Morgan fingerprint density at radius 2 is 2.17 bits per heavy atom. The number of hydrogen-bond donors (Lipinski definition) is 2. The summed E-state index contributed by atoms with van der Waals surface area (Å²) in [7, 11) is 1.37. The maximum absolute atomic E-state index is 12.3. The number of alkyl halides is 3. The van der Waals surface area contributed by atoms with E-state index in [4.69, 9.17) is 0 Å². The van der Waals surface area contributed by atoms with Crippen LogP contribution < -0.4 is 5.32 Å². The summed E-state index contributed by atoms with van der Waals surface area (Å²) in [6, 6.07) is 1.52. The second-order valence-electron chi connectivity index (χ2n) is 4.44.